The molecule has 1 atom stereocenters. The first kappa shape index (κ1) is 18.8. The van der Waals surface area contributed by atoms with Gasteiger partial charge < -0.3 is 25.3 Å². The Morgan fingerprint density at radius 2 is 2.10 bits per heavy atom. The van der Waals surface area contributed by atoms with E-state index < -0.39 is 11.6 Å². The molecule has 4 N–H and O–H groups in total. The van der Waals surface area contributed by atoms with Gasteiger partial charge in [0.2, 0.25) is 0 Å². The largest absolute Gasteiger partial charge is 0.508 e. The van der Waals surface area contributed by atoms with Gasteiger partial charge in [-0.1, -0.05) is 6.92 Å². The molecule has 0 aliphatic carbocycles. The topological polar surface area (TPSA) is 128 Å². The lowest BCUT2D eigenvalue weighted by molar-refractivity contribution is -0.172. The van der Waals surface area contributed by atoms with E-state index in [1.807, 2.05) is 6.07 Å². The lowest BCUT2D eigenvalue weighted by Crippen LogP contribution is -2.44. The Balaban J connectivity index is 1.77. The van der Waals surface area contributed by atoms with Gasteiger partial charge in [-0.25, -0.2) is 9.78 Å². The number of phenolic OH excluding ortho intramolecular Hbond substituents is 1. The standard InChI is InChI=1S/C22H21N3O5/c1-2-22(29)15-8-17-19-11(9-25(17)20(27)14(15)10-30-21(22)28)7-13-12(5-6-23)18(26)4-3-16(13)24-19/h3-4,7-8,26,29H,2,5-6,9-10,23H2,1H3/t22-/m0/s1. The zero-order chi connectivity index (χ0) is 21.2. The maximum atomic E-state index is 13.2. The monoisotopic (exact) mass is 407 g/mol. The van der Waals surface area contributed by atoms with Gasteiger partial charge in [0.15, 0.2) is 5.60 Å². The highest BCUT2D eigenvalue weighted by molar-refractivity contribution is 5.89. The van der Waals surface area contributed by atoms with Crippen molar-refractivity contribution in [3.05, 3.63) is 56.9 Å². The minimum atomic E-state index is -1.85. The van der Waals surface area contributed by atoms with Crippen LogP contribution in [-0.2, 0) is 34.7 Å². The normalized spacial score (nSPS) is 19.4. The molecule has 0 unspecified atom stereocenters. The first-order valence-electron chi connectivity index (χ1n) is 9.90. The Hall–Kier alpha value is -3.23. The Morgan fingerprint density at radius 1 is 1.30 bits per heavy atom. The molecule has 2 aromatic heterocycles. The summed E-state index contributed by atoms with van der Waals surface area (Å²) in [5.74, 6) is -0.574. The highest BCUT2D eigenvalue weighted by Gasteiger charge is 2.45. The number of aromatic nitrogens is 2. The van der Waals surface area contributed by atoms with Crippen molar-refractivity contribution in [2.75, 3.05) is 6.54 Å². The third kappa shape index (κ3) is 2.37. The molecule has 30 heavy (non-hydrogen) atoms. The van der Waals surface area contributed by atoms with Gasteiger partial charge in [0.05, 0.1) is 29.0 Å². The third-order valence-corrected chi connectivity index (χ3v) is 6.17. The number of nitrogens with two attached hydrogens (primary N) is 1. The van der Waals surface area contributed by atoms with Gasteiger partial charge in [-0.2, -0.15) is 0 Å². The molecule has 5 rings (SSSR count). The van der Waals surface area contributed by atoms with Gasteiger partial charge >= 0.3 is 5.97 Å². The number of aromatic hydroxyl groups is 1. The van der Waals surface area contributed by atoms with Crippen LogP contribution in [0.15, 0.2) is 29.1 Å². The SMILES string of the molecule is CC[C@@]1(O)C(=O)OCc2c1cc1n(c2=O)Cc2cc3c(CCN)c(O)ccc3nc2-1. The molecule has 0 spiro atoms. The van der Waals surface area contributed by atoms with E-state index in [4.69, 9.17) is 15.5 Å². The summed E-state index contributed by atoms with van der Waals surface area (Å²) in [6.45, 7) is 2.22. The van der Waals surface area contributed by atoms with Gasteiger partial charge in [-0.05, 0) is 43.7 Å². The molecular formula is C22H21N3O5. The Morgan fingerprint density at radius 3 is 2.83 bits per heavy atom. The van der Waals surface area contributed by atoms with Crippen molar-refractivity contribution in [3.8, 4) is 17.1 Å². The molecule has 4 heterocycles. The van der Waals surface area contributed by atoms with E-state index in [1.165, 1.54) is 0 Å². The Labute approximate surface area is 171 Å². The second-order valence-corrected chi connectivity index (χ2v) is 7.77. The molecule has 0 bridgehead atoms. The first-order chi connectivity index (χ1) is 14.4. The average molecular weight is 407 g/mol. The number of rotatable bonds is 3. The van der Waals surface area contributed by atoms with E-state index in [1.54, 1.807) is 29.7 Å². The number of hydrogen-bond acceptors (Lipinski definition) is 7. The van der Waals surface area contributed by atoms with E-state index in [0.717, 1.165) is 16.5 Å². The first-order valence-corrected chi connectivity index (χ1v) is 9.90. The Kier molecular flexibility index (Phi) is 4.00. The van der Waals surface area contributed by atoms with E-state index >= 15 is 0 Å². The number of pyridine rings is 2. The fourth-order valence-corrected chi connectivity index (χ4v) is 4.51. The van der Waals surface area contributed by atoms with Crippen molar-refractivity contribution >= 4 is 16.9 Å². The van der Waals surface area contributed by atoms with E-state index in [-0.39, 0.29) is 24.3 Å². The second kappa shape index (κ2) is 6.38. The van der Waals surface area contributed by atoms with Crippen LogP contribution in [0.1, 0.15) is 35.6 Å². The molecular weight excluding hydrogens is 386 g/mol. The van der Waals surface area contributed by atoms with Crippen molar-refractivity contribution in [3.63, 3.8) is 0 Å². The zero-order valence-corrected chi connectivity index (χ0v) is 16.4. The zero-order valence-electron chi connectivity index (χ0n) is 16.4. The van der Waals surface area contributed by atoms with Crippen LogP contribution in [0.2, 0.25) is 0 Å². The summed E-state index contributed by atoms with van der Waals surface area (Å²) in [5.41, 5.74) is 7.58. The maximum Gasteiger partial charge on any atom is 0.343 e. The fourth-order valence-electron chi connectivity index (χ4n) is 4.51. The molecule has 2 aliphatic rings. The number of carbonyl (C=O) groups excluding carboxylic acids is 1. The summed E-state index contributed by atoms with van der Waals surface area (Å²) in [6.07, 6.45) is 0.606. The number of phenols is 1. The summed E-state index contributed by atoms with van der Waals surface area (Å²) < 4.78 is 6.68. The molecule has 0 saturated heterocycles. The number of ether oxygens (including phenoxy) is 1. The molecule has 0 saturated carbocycles. The van der Waals surface area contributed by atoms with E-state index in [2.05, 4.69) is 0 Å². The van der Waals surface area contributed by atoms with Crippen molar-refractivity contribution in [1.29, 1.82) is 0 Å². The molecule has 0 fully saturated rings. The number of carbonyl (C=O) groups is 1. The lowest BCUT2D eigenvalue weighted by Gasteiger charge is -2.31. The summed E-state index contributed by atoms with van der Waals surface area (Å²) in [6, 6.07) is 6.94. The number of benzene rings is 1. The van der Waals surface area contributed by atoms with Crippen molar-refractivity contribution in [1.82, 2.24) is 9.55 Å². The summed E-state index contributed by atoms with van der Waals surface area (Å²) in [4.78, 5) is 30.2. The lowest BCUT2D eigenvalue weighted by atomic mass is 9.86. The maximum absolute atomic E-state index is 13.2. The number of aliphatic hydroxyl groups is 1. The number of fused-ring (bicyclic) bond motifs is 5. The number of esters is 1. The van der Waals surface area contributed by atoms with Crippen LogP contribution >= 0.6 is 0 Å². The summed E-state index contributed by atoms with van der Waals surface area (Å²) >= 11 is 0. The van der Waals surface area contributed by atoms with E-state index in [9.17, 15) is 19.8 Å². The van der Waals surface area contributed by atoms with Crippen LogP contribution < -0.4 is 11.3 Å². The quantitative estimate of drug-likeness (QED) is 0.437. The van der Waals surface area contributed by atoms with Crippen LogP contribution in [0.5, 0.6) is 5.75 Å². The van der Waals surface area contributed by atoms with Crippen molar-refractivity contribution < 1.29 is 19.7 Å². The molecule has 3 aromatic rings. The average Bonchev–Trinajstić information content (AvgIpc) is 3.10. The van der Waals surface area contributed by atoms with Crippen LogP contribution in [0.4, 0.5) is 0 Å². The number of hydrogen-bond donors (Lipinski definition) is 3. The van der Waals surface area contributed by atoms with E-state index in [0.29, 0.717) is 47.5 Å². The number of cyclic esters (lactones) is 1. The van der Waals surface area contributed by atoms with Crippen LogP contribution in [0.3, 0.4) is 0 Å². The number of nitrogens with zero attached hydrogens (tertiary/aromatic N) is 2. The van der Waals surface area contributed by atoms with Gasteiger partial charge in [0.25, 0.3) is 5.56 Å². The molecule has 154 valence electrons. The summed E-state index contributed by atoms with van der Waals surface area (Å²) in [7, 11) is 0. The van der Waals surface area contributed by atoms with Crippen LogP contribution in [-0.4, -0.2) is 32.3 Å². The van der Waals surface area contributed by atoms with Crippen molar-refractivity contribution in [2.24, 2.45) is 5.73 Å². The van der Waals surface area contributed by atoms with Gasteiger partial charge in [0, 0.05) is 22.1 Å². The van der Waals surface area contributed by atoms with Crippen LogP contribution in [0, 0.1) is 0 Å². The van der Waals surface area contributed by atoms with Gasteiger partial charge in [-0.3, -0.25) is 4.79 Å². The summed E-state index contributed by atoms with van der Waals surface area (Å²) in [5, 5.41) is 22.0. The Bertz CT molecular complexity index is 1300. The second-order valence-electron chi connectivity index (χ2n) is 7.77. The molecule has 2 aliphatic heterocycles. The molecule has 0 radical (unpaired) electrons. The van der Waals surface area contributed by atoms with Gasteiger partial charge in [0.1, 0.15) is 12.4 Å². The molecule has 0 amide bonds. The third-order valence-electron chi connectivity index (χ3n) is 6.17. The molecule has 8 heteroatoms. The fraction of sp³-hybridized carbons (Fsp3) is 0.318. The molecule has 1 aromatic carbocycles. The molecule has 8 nitrogen and oxygen atoms in total. The highest BCUT2D eigenvalue weighted by atomic mass is 16.6. The van der Waals surface area contributed by atoms with Gasteiger partial charge in [-0.15, -0.1) is 0 Å². The van der Waals surface area contributed by atoms with Crippen molar-refractivity contribution in [2.45, 2.75) is 38.5 Å². The minimum absolute atomic E-state index is 0.0987. The predicted molar refractivity (Wildman–Crippen MR) is 109 cm³/mol. The predicted octanol–water partition coefficient (Wildman–Crippen LogP) is 1.29. The van der Waals surface area contributed by atoms with Crippen LogP contribution in [0.25, 0.3) is 22.3 Å². The minimum Gasteiger partial charge on any atom is -0.508 e. The highest BCUT2D eigenvalue weighted by Crippen LogP contribution is 2.39. The smallest absolute Gasteiger partial charge is 0.343 e.